The number of hydrogen-bond acceptors (Lipinski definition) is 6. The van der Waals surface area contributed by atoms with Crippen molar-refractivity contribution in [1.82, 2.24) is 4.98 Å². The second-order valence-corrected chi connectivity index (χ2v) is 7.43. The number of aliphatic imine (C=N–C) groups is 1. The van der Waals surface area contributed by atoms with Crippen LogP contribution in [0.5, 0.6) is 0 Å². The Morgan fingerprint density at radius 3 is 2.74 bits per heavy atom. The van der Waals surface area contributed by atoms with E-state index in [9.17, 15) is 22.4 Å². The lowest BCUT2D eigenvalue weighted by molar-refractivity contribution is -0.219. The minimum atomic E-state index is -4.70. The van der Waals surface area contributed by atoms with Crippen molar-refractivity contribution >= 4 is 17.6 Å². The number of nitrogens with two attached hydrogens (primary N) is 1. The summed E-state index contributed by atoms with van der Waals surface area (Å²) in [6, 6.07) is 6.43. The number of carbonyl (C=O) groups is 1. The van der Waals surface area contributed by atoms with E-state index in [4.69, 9.17) is 15.2 Å². The first-order chi connectivity index (χ1) is 14.6. The van der Waals surface area contributed by atoms with E-state index >= 15 is 0 Å². The maximum absolute atomic E-state index is 14.8. The molecule has 4 rings (SSSR count). The fraction of sp³-hybridized carbons (Fsp3) is 0.350. The average molecular weight is 438 g/mol. The van der Waals surface area contributed by atoms with Crippen LogP contribution in [0.1, 0.15) is 21.6 Å². The monoisotopic (exact) mass is 438 g/mol. The van der Waals surface area contributed by atoms with Gasteiger partial charge < -0.3 is 20.5 Å². The van der Waals surface area contributed by atoms with Crippen LogP contribution in [0.15, 0.2) is 41.5 Å². The number of aryl methyl sites for hydroxylation is 1. The third-order valence-corrected chi connectivity index (χ3v) is 5.34. The highest BCUT2D eigenvalue weighted by Gasteiger charge is 2.62. The van der Waals surface area contributed by atoms with Gasteiger partial charge in [0, 0.05) is 17.4 Å². The van der Waals surface area contributed by atoms with E-state index in [0.29, 0.717) is 0 Å². The molecule has 1 unspecified atom stereocenters. The van der Waals surface area contributed by atoms with Crippen LogP contribution in [0.3, 0.4) is 0 Å². The molecule has 1 aromatic heterocycles. The number of halogens is 4. The van der Waals surface area contributed by atoms with Crippen molar-refractivity contribution in [2.24, 2.45) is 16.6 Å². The van der Waals surface area contributed by atoms with Gasteiger partial charge in [0.25, 0.3) is 11.9 Å². The molecule has 11 heteroatoms. The second kappa shape index (κ2) is 7.49. The zero-order chi connectivity index (χ0) is 22.4. The lowest BCUT2D eigenvalue weighted by Crippen LogP contribution is -2.48. The third-order valence-electron chi connectivity index (χ3n) is 5.34. The molecule has 7 nitrogen and oxygen atoms in total. The summed E-state index contributed by atoms with van der Waals surface area (Å²) in [6.07, 6.45) is -5.38. The van der Waals surface area contributed by atoms with Crippen LogP contribution in [-0.4, -0.2) is 42.4 Å². The molecule has 3 N–H and O–H groups in total. The molecule has 2 aliphatic rings. The van der Waals surface area contributed by atoms with Crippen LogP contribution < -0.4 is 11.1 Å². The molecule has 1 aromatic carbocycles. The van der Waals surface area contributed by atoms with E-state index in [2.05, 4.69) is 15.3 Å². The highest BCUT2D eigenvalue weighted by molar-refractivity contribution is 6.02. The number of ether oxygens (including phenoxy) is 2. The number of nitrogens with zero attached hydrogens (tertiary/aromatic N) is 2. The van der Waals surface area contributed by atoms with Gasteiger partial charge in [-0.1, -0.05) is 6.07 Å². The zero-order valence-electron chi connectivity index (χ0n) is 16.2. The van der Waals surface area contributed by atoms with E-state index < -0.39 is 48.7 Å². The van der Waals surface area contributed by atoms with E-state index in [1.807, 2.05) is 6.92 Å². The normalized spacial score (nSPS) is 25.4. The quantitative estimate of drug-likeness (QED) is 0.718. The van der Waals surface area contributed by atoms with Gasteiger partial charge in [0.05, 0.1) is 19.1 Å². The van der Waals surface area contributed by atoms with Crippen LogP contribution in [0, 0.1) is 18.7 Å². The van der Waals surface area contributed by atoms with E-state index in [1.165, 1.54) is 24.4 Å². The summed E-state index contributed by atoms with van der Waals surface area (Å²) in [5, 5.41) is 2.57. The molecule has 1 amide bonds. The predicted molar refractivity (Wildman–Crippen MR) is 102 cm³/mol. The van der Waals surface area contributed by atoms with Crippen LogP contribution >= 0.6 is 0 Å². The van der Waals surface area contributed by atoms with Crippen LogP contribution in [0.4, 0.5) is 23.2 Å². The maximum Gasteiger partial charge on any atom is 0.415 e. The Morgan fingerprint density at radius 1 is 1.29 bits per heavy atom. The molecule has 3 heterocycles. The van der Waals surface area contributed by atoms with Gasteiger partial charge in [-0.25, -0.2) is 9.38 Å². The molecule has 0 radical (unpaired) electrons. The van der Waals surface area contributed by atoms with Crippen molar-refractivity contribution in [2.45, 2.75) is 24.7 Å². The Hall–Kier alpha value is -3.21. The summed E-state index contributed by atoms with van der Waals surface area (Å²) in [7, 11) is 0. The molecule has 1 saturated heterocycles. The fourth-order valence-electron chi connectivity index (χ4n) is 3.83. The molecule has 164 valence electrons. The Morgan fingerprint density at radius 2 is 2.06 bits per heavy atom. The van der Waals surface area contributed by atoms with Crippen molar-refractivity contribution < 1.29 is 31.8 Å². The SMILES string of the molecule is Cc1ccc(C(=O)Nc2ccc(F)c([C@]34CO[C@H](C(F)(F)F)C3COC(N)=N4)c2)nc1. The molecule has 31 heavy (non-hydrogen) atoms. The highest BCUT2D eigenvalue weighted by atomic mass is 19.4. The van der Waals surface area contributed by atoms with Gasteiger partial charge in [-0.2, -0.15) is 13.2 Å². The summed E-state index contributed by atoms with van der Waals surface area (Å²) in [6.45, 7) is 0.831. The topological polar surface area (TPSA) is 98.8 Å². The molecule has 2 aromatic rings. The summed E-state index contributed by atoms with van der Waals surface area (Å²) in [5.41, 5.74) is 4.85. The van der Waals surface area contributed by atoms with Crippen molar-refractivity contribution in [3.8, 4) is 0 Å². The summed E-state index contributed by atoms with van der Waals surface area (Å²) >= 11 is 0. The molecule has 0 spiro atoms. The number of amides is 1. The zero-order valence-corrected chi connectivity index (χ0v) is 16.2. The van der Waals surface area contributed by atoms with Crippen LogP contribution in [-0.2, 0) is 15.0 Å². The number of fused-ring (bicyclic) bond motifs is 1. The number of aromatic nitrogens is 1. The van der Waals surface area contributed by atoms with E-state index in [0.717, 1.165) is 11.6 Å². The molecule has 1 fully saturated rings. The number of alkyl halides is 3. The fourth-order valence-corrected chi connectivity index (χ4v) is 3.83. The second-order valence-electron chi connectivity index (χ2n) is 7.43. The Bertz CT molecular complexity index is 1040. The van der Waals surface area contributed by atoms with Gasteiger partial charge in [0.1, 0.15) is 17.1 Å². The molecule has 0 aliphatic carbocycles. The van der Waals surface area contributed by atoms with Crippen LogP contribution in [0.25, 0.3) is 0 Å². The number of pyridine rings is 1. The maximum atomic E-state index is 14.8. The molecule has 0 saturated carbocycles. The summed E-state index contributed by atoms with van der Waals surface area (Å²) < 4.78 is 65.2. The van der Waals surface area contributed by atoms with Gasteiger partial charge in [-0.15, -0.1) is 0 Å². The first kappa shape index (κ1) is 21.0. The number of benzene rings is 1. The lowest BCUT2D eigenvalue weighted by atomic mass is 9.77. The molecule has 0 bridgehead atoms. The number of amidine groups is 1. The number of carbonyl (C=O) groups excluding carboxylic acids is 1. The number of anilines is 1. The van der Waals surface area contributed by atoms with Gasteiger partial charge in [0.2, 0.25) is 0 Å². The molecular weight excluding hydrogens is 420 g/mol. The summed E-state index contributed by atoms with van der Waals surface area (Å²) in [4.78, 5) is 20.5. The number of nitrogens with one attached hydrogen (secondary N) is 1. The Balaban J connectivity index is 1.71. The van der Waals surface area contributed by atoms with E-state index in [1.54, 1.807) is 6.07 Å². The van der Waals surface area contributed by atoms with Crippen molar-refractivity contribution in [1.29, 1.82) is 0 Å². The number of hydrogen-bond donors (Lipinski definition) is 2. The van der Waals surface area contributed by atoms with Crippen molar-refractivity contribution in [3.05, 3.63) is 59.2 Å². The molecular formula is C20H18F4N4O3. The largest absolute Gasteiger partial charge is 0.465 e. The van der Waals surface area contributed by atoms with Gasteiger partial charge >= 0.3 is 6.18 Å². The predicted octanol–water partition coefficient (Wildman–Crippen LogP) is 2.90. The van der Waals surface area contributed by atoms with Gasteiger partial charge in [0.15, 0.2) is 6.10 Å². The average Bonchev–Trinajstić information content (AvgIpc) is 3.09. The lowest BCUT2D eigenvalue weighted by Gasteiger charge is -2.36. The Kier molecular flexibility index (Phi) is 5.08. The number of rotatable bonds is 3. The Labute approximate surface area is 174 Å². The first-order valence-electron chi connectivity index (χ1n) is 9.30. The van der Waals surface area contributed by atoms with E-state index in [-0.39, 0.29) is 23.0 Å². The minimum Gasteiger partial charge on any atom is -0.465 e. The standard InChI is InChI=1S/C20H18F4N4O3/c1-10-2-5-15(26-7-10)17(29)27-11-3-4-14(21)12(6-11)19-9-31-16(20(22,23)24)13(19)8-30-18(25)28-19/h2-7,13,16H,8-9H2,1H3,(H2,25,28)(H,27,29)/t13?,16-,19+/m0/s1. The highest BCUT2D eigenvalue weighted by Crippen LogP contribution is 2.50. The third kappa shape index (κ3) is 3.80. The van der Waals surface area contributed by atoms with Crippen LogP contribution in [0.2, 0.25) is 0 Å². The molecule has 2 aliphatic heterocycles. The first-order valence-corrected chi connectivity index (χ1v) is 9.30. The van der Waals surface area contributed by atoms with Crippen molar-refractivity contribution in [2.75, 3.05) is 18.5 Å². The van der Waals surface area contributed by atoms with Gasteiger partial charge in [-0.05, 0) is 36.8 Å². The van der Waals surface area contributed by atoms with Crippen molar-refractivity contribution in [3.63, 3.8) is 0 Å². The minimum absolute atomic E-state index is 0.127. The smallest absolute Gasteiger partial charge is 0.415 e. The summed E-state index contributed by atoms with van der Waals surface area (Å²) in [5.74, 6) is -2.71. The van der Waals surface area contributed by atoms with Gasteiger partial charge in [-0.3, -0.25) is 9.78 Å². The molecule has 3 atom stereocenters.